The summed E-state index contributed by atoms with van der Waals surface area (Å²) in [5, 5.41) is 9.53. The van der Waals surface area contributed by atoms with E-state index in [-0.39, 0.29) is 17.2 Å². The van der Waals surface area contributed by atoms with Crippen LogP contribution in [0.5, 0.6) is 5.75 Å². The summed E-state index contributed by atoms with van der Waals surface area (Å²) in [5.74, 6) is -0.973. The zero-order valence-corrected chi connectivity index (χ0v) is 13.6. The highest BCUT2D eigenvalue weighted by molar-refractivity contribution is 5.93. The number of hydrogen-bond acceptors (Lipinski definition) is 5. The maximum absolute atomic E-state index is 12.9. The van der Waals surface area contributed by atoms with Gasteiger partial charge in [0.1, 0.15) is 5.75 Å². The van der Waals surface area contributed by atoms with E-state index in [0.29, 0.717) is 31.9 Å². The molecular formula is C19H19NO5. The van der Waals surface area contributed by atoms with Crippen LogP contribution in [0.2, 0.25) is 0 Å². The fourth-order valence-electron chi connectivity index (χ4n) is 2.65. The zero-order chi connectivity index (χ0) is 17.6. The van der Waals surface area contributed by atoms with E-state index in [1.54, 1.807) is 35.2 Å². The average molecular weight is 341 g/mol. The molecular weight excluding hydrogens is 322 g/mol. The number of esters is 1. The second-order valence-corrected chi connectivity index (χ2v) is 5.68. The number of rotatable bonds is 4. The molecule has 2 aromatic rings. The summed E-state index contributed by atoms with van der Waals surface area (Å²) >= 11 is 0. The predicted molar refractivity (Wildman–Crippen MR) is 90.1 cm³/mol. The average Bonchev–Trinajstić information content (AvgIpc) is 2.67. The summed E-state index contributed by atoms with van der Waals surface area (Å²) in [7, 11) is 0. The van der Waals surface area contributed by atoms with E-state index in [1.165, 1.54) is 18.2 Å². The molecule has 0 radical (unpaired) electrons. The Morgan fingerprint density at radius 3 is 2.44 bits per heavy atom. The Bertz CT molecular complexity index is 740. The molecule has 3 rings (SSSR count). The molecule has 0 bridgehead atoms. The predicted octanol–water partition coefficient (Wildman–Crippen LogP) is 2.15. The van der Waals surface area contributed by atoms with Crippen LogP contribution in [0.25, 0.3) is 0 Å². The summed E-state index contributed by atoms with van der Waals surface area (Å²) in [5.41, 5.74) is 0.795. The van der Waals surface area contributed by atoms with Crippen LogP contribution in [-0.4, -0.2) is 48.2 Å². The van der Waals surface area contributed by atoms with Crippen molar-refractivity contribution in [1.29, 1.82) is 0 Å². The standard InChI is InChI=1S/C19H19NO5/c21-16-8-4-7-15(13-16)19(23)25-17(14-5-2-1-3-6-14)18(22)20-9-11-24-12-10-20/h1-8,13,17,21H,9-12H2/t17-/m0/s1. The van der Waals surface area contributed by atoms with E-state index in [9.17, 15) is 14.7 Å². The smallest absolute Gasteiger partial charge is 0.339 e. The third-order valence-electron chi connectivity index (χ3n) is 3.96. The molecule has 0 spiro atoms. The van der Waals surface area contributed by atoms with Crippen molar-refractivity contribution in [2.45, 2.75) is 6.10 Å². The maximum atomic E-state index is 12.9. The van der Waals surface area contributed by atoms with Crippen LogP contribution < -0.4 is 0 Å². The molecule has 1 amide bonds. The number of nitrogens with zero attached hydrogens (tertiary/aromatic N) is 1. The molecule has 0 unspecified atom stereocenters. The monoisotopic (exact) mass is 341 g/mol. The highest BCUT2D eigenvalue weighted by Crippen LogP contribution is 2.23. The number of carbonyl (C=O) groups is 2. The van der Waals surface area contributed by atoms with E-state index < -0.39 is 12.1 Å². The number of phenols is 1. The fourth-order valence-corrected chi connectivity index (χ4v) is 2.65. The van der Waals surface area contributed by atoms with Crippen LogP contribution in [0, 0.1) is 0 Å². The first-order chi connectivity index (χ1) is 12.1. The van der Waals surface area contributed by atoms with Gasteiger partial charge < -0.3 is 19.5 Å². The normalized spacial score (nSPS) is 15.4. The van der Waals surface area contributed by atoms with Crippen molar-refractivity contribution in [1.82, 2.24) is 4.90 Å². The van der Waals surface area contributed by atoms with Crippen molar-refractivity contribution in [3.05, 3.63) is 65.7 Å². The van der Waals surface area contributed by atoms with Crippen LogP contribution in [0.4, 0.5) is 0 Å². The first-order valence-electron chi connectivity index (χ1n) is 8.06. The zero-order valence-electron chi connectivity index (χ0n) is 13.6. The number of ether oxygens (including phenoxy) is 2. The minimum absolute atomic E-state index is 0.0368. The Morgan fingerprint density at radius 1 is 1.04 bits per heavy atom. The number of carbonyl (C=O) groups excluding carboxylic acids is 2. The number of morpholine rings is 1. The van der Waals surface area contributed by atoms with Gasteiger partial charge in [0.2, 0.25) is 6.10 Å². The van der Waals surface area contributed by atoms with Gasteiger partial charge in [-0.3, -0.25) is 4.79 Å². The van der Waals surface area contributed by atoms with Gasteiger partial charge in [-0.2, -0.15) is 0 Å². The van der Waals surface area contributed by atoms with Gasteiger partial charge in [0.05, 0.1) is 18.8 Å². The molecule has 25 heavy (non-hydrogen) atoms. The van der Waals surface area contributed by atoms with Crippen LogP contribution in [0.3, 0.4) is 0 Å². The topological polar surface area (TPSA) is 76.1 Å². The quantitative estimate of drug-likeness (QED) is 0.863. The Labute approximate surface area is 145 Å². The number of benzene rings is 2. The first kappa shape index (κ1) is 17.0. The number of phenolic OH excluding ortho intramolecular Hbond substituents is 1. The molecule has 1 heterocycles. The highest BCUT2D eigenvalue weighted by Gasteiger charge is 2.30. The van der Waals surface area contributed by atoms with Gasteiger partial charge in [0.15, 0.2) is 0 Å². The Hall–Kier alpha value is -2.86. The third-order valence-corrected chi connectivity index (χ3v) is 3.96. The molecule has 0 aliphatic carbocycles. The lowest BCUT2D eigenvalue weighted by atomic mass is 10.1. The summed E-state index contributed by atoms with van der Waals surface area (Å²) in [4.78, 5) is 27.0. The summed E-state index contributed by atoms with van der Waals surface area (Å²) in [6.07, 6.45) is -1.03. The Balaban J connectivity index is 1.83. The van der Waals surface area contributed by atoms with Crippen LogP contribution >= 0.6 is 0 Å². The molecule has 1 aliphatic rings. The van der Waals surface area contributed by atoms with Gasteiger partial charge >= 0.3 is 5.97 Å². The minimum Gasteiger partial charge on any atom is -0.508 e. The van der Waals surface area contributed by atoms with Crippen molar-refractivity contribution in [2.24, 2.45) is 0 Å². The van der Waals surface area contributed by atoms with E-state index in [2.05, 4.69) is 0 Å². The highest BCUT2D eigenvalue weighted by atomic mass is 16.5. The van der Waals surface area contributed by atoms with Gasteiger partial charge in [-0.15, -0.1) is 0 Å². The number of hydrogen-bond donors (Lipinski definition) is 1. The first-order valence-corrected chi connectivity index (χ1v) is 8.06. The molecule has 6 heteroatoms. The van der Waals surface area contributed by atoms with Gasteiger partial charge in [0.25, 0.3) is 5.91 Å². The van der Waals surface area contributed by atoms with Crippen molar-refractivity contribution >= 4 is 11.9 Å². The SMILES string of the molecule is O=C(O[C@H](C(=O)N1CCOCC1)c1ccccc1)c1cccc(O)c1. The lowest BCUT2D eigenvalue weighted by Crippen LogP contribution is -2.44. The van der Waals surface area contributed by atoms with Gasteiger partial charge in [-0.1, -0.05) is 36.4 Å². The van der Waals surface area contributed by atoms with Crippen molar-refractivity contribution in [3.63, 3.8) is 0 Å². The molecule has 1 N–H and O–H groups in total. The molecule has 6 nitrogen and oxygen atoms in total. The van der Waals surface area contributed by atoms with E-state index in [1.807, 2.05) is 6.07 Å². The van der Waals surface area contributed by atoms with Gasteiger partial charge in [0, 0.05) is 18.7 Å². The lowest BCUT2D eigenvalue weighted by Gasteiger charge is -2.30. The van der Waals surface area contributed by atoms with Crippen molar-refractivity contribution < 1.29 is 24.2 Å². The van der Waals surface area contributed by atoms with E-state index in [0.717, 1.165) is 0 Å². The van der Waals surface area contributed by atoms with Crippen LogP contribution in [0.1, 0.15) is 22.0 Å². The Kier molecular flexibility index (Phi) is 5.30. The molecule has 130 valence electrons. The van der Waals surface area contributed by atoms with Gasteiger partial charge in [-0.25, -0.2) is 4.79 Å². The molecule has 0 aromatic heterocycles. The third kappa shape index (κ3) is 4.16. The molecule has 1 saturated heterocycles. The molecule has 2 aromatic carbocycles. The number of amides is 1. The van der Waals surface area contributed by atoms with E-state index in [4.69, 9.17) is 9.47 Å². The Morgan fingerprint density at radius 2 is 1.76 bits per heavy atom. The van der Waals surface area contributed by atoms with Crippen LogP contribution in [0.15, 0.2) is 54.6 Å². The fraction of sp³-hybridized carbons (Fsp3) is 0.263. The summed E-state index contributed by atoms with van der Waals surface area (Å²) in [6, 6.07) is 14.8. The van der Waals surface area contributed by atoms with E-state index >= 15 is 0 Å². The molecule has 0 saturated carbocycles. The second kappa shape index (κ2) is 7.81. The summed E-state index contributed by atoms with van der Waals surface area (Å²) < 4.78 is 10.8. The maximum Gasteiger partial charge on any atom is 0.339 e. The second-order valence-electron chi connectivity index (χ2n) is 5.68. The molecule has 1 atom stereocenters. The molecule has 1 aliphatic heterocycles. The van der Waals surface area contributed by atoms with Crippen molar-refractivity contribution in [2.75, 3.05) is 26.3 Å². The largest absolute Gasteiger partial charge is 0.508 e. The minimum atomic E-state index is -1.03. The molecule has 1 fully saturated rings. The summed E-state index contributed by atoms with van der Waals surface area (Å²) in [6.45, 7) is 1.86. The van der Waals surface area contributed by atoms with Crippen molar-refractivity contribution in [3.8, 4) is 5.75 Å². The lowest BCUT2D eigenvalue weighted by molar-refractivity contribution is -0.145. The number of aromatic hydroxyl groups is 1. The van der Waals surface area contributed by atoms with Gasteiger partial charge in [-0.05, 0) is 18.2 Å². The van der Waals surface area contributed by atoms with Crippen LogP contribution in [-0.2, 0) is 14.3 Å².